The largest absolute Gasteiger partial charge is 0.392 e. The molecule has 1 aromatic carbocycles. The average molecular weight is 278 g/mol. The molecule has 0 saturated carbocycles. The SMILES string of the molecule is CNC(=O)CC1C(O)CC(O)CN1Cc1ccccc1. The Morgan fingerprint density at radius 2 is 2.05 bits per heavy atom. The van der Waals surface area contributed by atoms with Crippen LogP contribution in [-0.4, -0.2) is 52.9 Å². The van der Waals surface area contributed by atoms with E-state index >= 15 is 0 Å². The molecule has 3 atom stereocenters. The Hall–Kier alpha value is -1.43. The number of nitrogens with zero attached hydrogens (tertiary/aromatic N) is 1. The zero-order valence-corrected chi connectivity index (χ0v) is 11.7. The van der Waals surface area contributed by atoms with Crippen molar-refractivity contribution in [3.8, 4) is 0 Å². The number of amides is 1. The van der Waals surface area contributed by atoms with Crippen molar-refractivity contribution in [1.82, 2.24) is 10.2 Å². The molecule has 3 unspecified atom stereocenters. The van der Waals surface area contributed by atoms with Crippen molar-refractivity contribution in [3.63, 3.8) is 0 Å². The quantitative estimate of drug-likeness (QED) is 0.731. The smallest absolute Gasteiger partial charge is 0.221 e. The topological polar surface area (TPSA) is 72.8 Å². The molecule has 0 aliphatic carbocycles. The summed E-state index contributed by atoms with van der Waals surface area (Å²) in [5.74, 6) is -0.0940. The van der Waals surface area contributed by atoms with Gasteiger partial charge in [-0.15, -0.1) is 0 Å². The maximum Gasteiger partial charge on any atom is 0.221 e. The summed E-state index contributed by atoms with van der Waals surface area (Å²) in [6.07, 6.45) is -0.654. The van der Waals surface area contributed by atoms with Crippen LogP contribution in [0.1, 0.15) is 18.4 Å². The minimum absolute atomic E-state index is 0.0940. The summed E-state index contributed by atoms with van der Waals surface area (Å²) in [6, 6.07) is 9.62. The highest BCUT2D eigenvalue weighted by atomic mass is 16.3. The highest BCUT2D eigenvalue weighted by Gasteiger charge is 2.35. The molecule has 1 aromatic rings. The minimum atomic E-state index is -0.681. The van der Waals surface area contributed by atoms with Crippen LogP contribution in [0.3, 0.4) is 0 Å². The van der Waals surface area contributed by atoms with Gasteiger partial charge in [-0.05, 0) is 5.56 Å². The van der Waals surface area contributed by atoms with Crippen molar-refractivity contribution in [2.75, 3.05) is 13.6 Å². The molecule has 1 fully saturated rings. The van der Waals surface area contributed by atoms with Crippen molar-refractivity contribution in [1.29, 1.82) is 0 Å². The number of β-amino-alcohol motifs (C(OH)–C–C–N with tert-alkyl or cyclic N) is 1. The Bertz CT molecular complexity index is 438. The van der Waals surface area contributed by atoms with Crippen LogP contribution in [0.2, 0.25) is 0 Å². The zero-order valence-electron chi connectivity index (χ0n) is 11.7. The molecular weight excluding hydrogens is 256 g/mol. The van der Waals surface area contributed by atoms with E-state index in [2.05, 4.69) is 5.32 Å². The molecule has 5 nitrogen and oxygen atoms in total. The first-order valence-corrected chi connectivity index (χ1v) is 6.95. The number of benzene rings is 1. The Balaban J connectivity index is 2.10. The van der Waals surface area contributed by atoms with Crippen LogP contribution < -0.4 is 5.32 Å². The van der Waals surface area contributed by atoms with Crippen molar-refractivity contribution in [3.05, 3.63) is 35.9 Å². The van der Waals surface area contributed by atoms with Gasteiger partial charge in [0.25, 0.3) is 0 Å². The van der Waals surface area contributed by atoms with Gasteiger partial charge in [-0.2, -0.15) is 0 Å². The molecule has 1 aliphatic rings. The molecule has 5 heteroatoms. The van der Waals surface area contributed by atoms with Crippen LogP contribution >= 0.6 is 0 Å². The fourth-order valence-electron chi connectivity index (χ4n) is 2.72. The number of hydrogen-bond acceptors (Lipinski definition) is 4. The Kier molecular flexibility index (Phi) is 5.11. The second-order valence-corrected chi connectivity index (χ2v) is 5.32. The Morgan fingerprint density at radius 1 is 1.35 bits per heavy atom. The monoisotopic (exact) mass is 278 g/mol. The predicted octanol–water partition coefficient (Wildman–Crippen LogP) is 0.119. The van der Waals surface area contributed by atoms with E-state index in [9.17, 15) is 15.0 Å². The lowest BCUT2D eigenvalue weighted by Crippen LogP contribution is -2.54. The molecule has 1 heterocycles. The number of aliphatic hydroxyl groups is 2. The van der Waals surface area contributed by atoms with Gasteiger partial charge in [0.15, 0.2) is 0 Å². The van der Waals surface area contributed by atoms with Crippen molar-refractivity contribution in [2.45, 2.75) is 37.6 Å². The van der Waals surface area contributed by atoms with Crippen LogP contribution in [0.15, 0.2) is 30.3 Å². The van der Waals surface area contributed by atoms with Gasteiger partial charge >= 0.3 is 0 Å². The highest BCUT2D eigenvalue weighted by molar-refractivity contribution is 5.76. The summed E-state index contributed by atoms with van der Waals surface area (Å²) in [4.78, 5) is 13.6. The maximum atomic E-state index is 11.6. The van der Waals surface area contributed by atoms with Gasteiger partial charge in [0.1, 0.15) is 0 Å². The third-order valence-corrected chi connectivity index (χ3v) is 3.77. The van der Waals surface area contributed by atoms with E-state index in [4.69, 9.17) is 0 Å². The number of carbonyl (C=O) groups is 1. The van der Waals surface area contributed by atoms with Crippen molar-refractivity contribution >= 4 is 5.91 Å². The van der Waals surface area contributed by atoms with Gasteiger partial charge in [0.05, 0.1) is 12.2 Å². The summed E-state index contributed by atoms with van der Waals surface area (Å²) in [6.45, 7) is 1.10. The maximum absolute atomic E-state index is 11.6. The summed E-state index contributed by atoms with van der Waals surface area (Å²) >= 11 is 0. The minimum Gasteiger partial charge on any atom is -0.392 e. The second-order valence-electron chi connectivity index (χ2n) is 5.32. The van der Waals surface area contributed by atoms with Gasteiger partial charge in [0, 0.05) is 39.0 Å². The molecule has 3 N–H and O–H groups in total. The molecule has 0 spiro atoms. The third-order valence-electron chi connectivity index (χ3n) is 3.77. The van der Waals surface area contributed by atoms with E-state index in [1.165, 1.54) is 0 Å². The van der Waals surface area contributed by atoms with Gasteiger partial charge in [0.2, 0.25) is 5.91 Å². The first kappa shape index (κ1) is 15.0. The van der Waals surface area contributed by atoms with Gasteiger partial charge in [-0.1, -0.05) is 30.3 Å². The lowest BCUT2D eigenvalue weighted by molar-refractivity contribution is -0.125. The summed E-state index contributed by atoms with van der Waals surface area (Å²) in [5, 5.41) is 22.6. The third kappa shape index (κ3) is 3.79. The molecule has 110 valence electrons. The number of carbonyl (C=O) groups excluding carboxylic acids is 1. The molecule has 0 bridgehead atoms. The van der Waals surface area contributed by atoms with Crippen molar-refractivity contribution in [2.24, 2.45) is 0 Å². The Morgan fingerprint density at radius 3 is 2.70 bits per heavy atom. The van der Waals surface area contributed by atoms with E-state index in [1.54, 1.807) is 7.05 Å². The van der Waals surface area contributed by atoms with Crippen LogP contribution in [0.4, 0.5) is 0 Å². The number of hydrogen-bond donors (Lipinski definition) is 3. The number of nitrogens with one attached hydrogen (secondary N) is 1. The van der Waals surface area contributed by atoms with Gasteiger partial charge in [-0.3, -0.25) is 9.69 Å². The van der Waals surface area contributed by atoms with E-state index < -0.39 is 12.2 Å². The lowest BCUT2D eigenvalue weighted by atomic mass is 9.93. The first-order valence-electron chi connectivity index (χ1n) is 6.95. The number of likely N-dealkylation sites (tertiary alicyclic amines) is 1. The standard InChI is InChI=1S/C15H22N2O3/c1-16-15(20)8-13-14(19)7-12(18)10-17(13)9-11-5-3-2-4-6-11/h2-6,12-14,18-19H,7-10H2,1H3,(H,16,20). The normalized spacial score (nSPS) is 27.2. The molecule has 2 rings (SSSR count). The average Bonchev–Trinajstić information content (AvgIpc) is 2.43. The molecule has 0 radical (unpaired) electrons. The number of piperidine rings is 1. The van der Waals surface area contributed by atoms with Gasteiger partial charge in [-0.25, -0.2) is 0 Å². The van der Waals surface area contributed by atoms with E-state index in [1.807, 2.05) is 35.2 Å². The fraction of sp³-hybridized carbons (Fsp3) is 0.533. The summed E-state index contributed by atoms with van der Waals surface area (Å²) in [5.41, 5.74) is 1.11. The first-order chi connectivity index (χ1) is 9.60. The number of rotatable bonds is 4. The van der Waals surface area contributed by atoms with Gasteiger partial charge < -0.3 is 15.5 Å². The fourth-order valence-corrected chi connectivity index (χ4v) is 2.72. The highest BCUT2D eigenvalue weighted by Crippen LogP contribution is 2.23. The second kappa shape index (κ2) is 6.83. The molecule has 1 amide bonds. The molecular formula is C15H22N2O3. The van der Waals surface area contributed by atoms with E-state index in [0.717, 1.165) is 5.56 Å². The van der Waals surface area contributed by atoms with E-state index in [-0.39, 0.29) is 18.4 Å². The number of aliphatic hydroxyl groups excluding tert-OH is 2. The van der Waals surface area contributed by atoms with Crippen LogP contribution in [0.25, 0.3) is 0 Å². The molecule has 20 heavy (non-hydrogen) atoms. The summed E-state index contributed by atoms with van der Waals surface area (Å²) < 4.78 is 0. The van der Waals surface area contributed by atoms with Crippen molar-refractivity contribution < 1.29 is 15.0 Å². The van der Waals surface area contributed by atoms with E-state index in [0.29, 0.717) is 19.5 Å². The lowest BCUT2D eigenvalue weighted by Gasteiger charge is -2.41. The van der Waals surface area contributed by atoms with Crippen LogP contribution in [-0.2, 0) is 11.3 Å². The van der Waals surface area contributed by atoms with Crippen LogP contribution in [0.5, 0.6) is 0 Å². The molecule has 1 aliphatic heterocycles. The molecule has 0 aromatic heterocycles. The molecule has 1 saturated heterocycles. The Labute approximate surface area is 119 Å². The predicted molar refractivity (Wildman–Crippen MR) is 76.0 cm³/mol. The van der Waals surface area contributed by atoms with Crippen LogP contribution in [0, 0.1) is 0 Å². The summed E-state index contributed by atoms with van der Waals surface area (Å²) in [7, 11) is 1.59. The zero-order chi connectivity index (χ0) is 14.5.